The molecule has 0 bridgehead atoms. The van der Waals surface area contributed by atoms with Crippen LogP contribution in [0.1, 0.15) is 24.5 Å². The highest BCUT2D eigenvalue weighted by atomic mass is 14.9. The minimum Gasteiger partial charge on any atom is -0.361 e. The van der Waals surface area contributed by atoms with Gasteiger partial charge >= 0.3 is 0 Å². The second kappa shape index (κ2) is 4.49. The first kappa shape index (κ1) is 10.2. The van der Waals surface area contributed by atoms with Gasteiger partial charge in [-0.1, -0.05) is 19.1 Å². The Morgan fingerprint density at radius 1 is 1.33 bits per heavy atom. The van der Waals surface area contributed by atoms with Crippen molar-refractivity contribution >= 4 is 10.9 Å². The van der Waals surface area contributed by atoms with Gasteiger partial charge in [-0.05, 0) is 37.1 Å². The van der Waals surface area contributed by atoms with E-state index in [1.807, 2.05) is 0 Å². The summed E-state index contributed by atoms with van der Waals surface area (Å²) in [6, 6.07) is 6.39. The van der Waals surface area contributed by atoms with Gasteiger partial charge < -0.3 is 10.3 Å². The molecule has 0 fully saturated rings. The summed E-state index contributed by atoms with van der Waals surface area (Å²) in [6.45, 7) is 6.39. The van der Waals surface area contributed by atoms with Crippen LogP contribution >= 0.6 is 0 Å². The SMILES string of the molecule is CCCNCc1c[nH]c2cccc(C)c12. The van der Waals surface area contributed by atoms with Crippen LogP contribution in [0.3, 0.4) is 0 Å². The van der Waals surface area contributed by atoms with E-state index in [9.17, 15) is 0 Å². The first-order chi connectivity index (χ1) is 7.33. The van der Waals surface area contributed by atoms with E-state index in [4.69, 9.17) is 0 Å². The van der Waals surface area contributed by atoms with Gasteiger partial charge in [0.1, 0.15) is 0 Å². The number of H-pyrrole nitrogens is 1. The Labute approximate surface area is 90.7 Å². The standard InChI is InChI=1S/C13H18N2/c1-3-7-14-8-11-9-15-12-6-4-5-10(2)13(11)12/h4-6,9,14-15H,3,7-8H2,1-2H3. The first-order valence-corrected chi connectivity index (χ1v) is 5.59. The van der Waals surface area contributed by atoms with E-state index in [1.54, 1.807) is 0 Å². The monoisotopic (exact) mass is 202 g/mol. The normalized spacial score (nSPS) is 11.1. The van der Waals surface area contributed by atoms with Gasteiger partial charge in [-0.3, -0.25) is 0 Å². The van der Waals surface area contributed by atoms with Gasteiger partial charge in [0.2, 0.25) is 0 Å². The summed E-state index contributed by atoms with van der Waals surface area (Å²) in [4.78, 5) is 3.32. The fourth-order valence-corrected chi connectivity index (χ4v) is 1.99. The van der Waals surface area contributed by atoms with E-state index in [0.29, 0.717) is 0 Å². The highest BCUT2D eigenvalue weighted by Crippen LogP contribution is 2.21. The van der Waals surface area contributed by atoms with Gasteiger partial charge in [-0.25, -0.2) is 0 Å². The summed E-state index contributed by atoms with van der Waals surface area (Å²) in [5, 5.41) is 4.81. The average Bonchev–Trinajstić information content (AvgIpc) is 2.63. The van der Waals surface area contributed by atoms with E-state index in [1.165, 1.54) is 28.5 Å². The quantitative estimate of drug-likeness (QED) is 0.733. The Kier molecular flexibility index (Phi) is 3.07. The van der Waals surface area contributed by atoms with Crippen LogP contribution in [0.5, 0.6) is 0 Å². The third-order valence-electron chi connectivity index (χ3n) is 2.74. The van der Waals surface area contributed by atoms with Crippen LogP contribution in [0.25, 0.3) is 10.9 Å². The number of hydrogen-bond donors (Lipinski definition) is 2. The molecule has 15 heavy (non-hydrogen) atoms. The van der Waals surface area contributed by atoms with Crippen LogP contribution in [-0.4, -0.2) is 11.5 Å². The second-order valence-electron chi connectivity index (χ2n) is 3.99. The number of fused-ring (bicyclic) bond motifs is 1. The number of aryl methyl sites for hydroxylation is 1. The van der Waals surface area contributed by atoms with Crippen molar-refractivity contribution < 1.29 is 0 Å². The van der Waals surface area contributed by atoms with E-state index in [0.717, 1.165) is 13.1 Å². The Morgan fingerprint density at radius 2 is 2.20 bits per heavy atom. The van der Waals surface area contributed by atoms with Crippen molar-refractivity contribution in [1.82, 2.24) is 10.3 Å². The molecule has 1 aromatic carbocycles. The molecule has 0 atom stereocenters. The molecule has 0 radical (unpaired) electrons. The van der Waals surface area contributed by atoms with Gasteiger partial charge in [-0.15, -0.1) is 0 Å². The average molecular weight is 202 g/mol. The zero-order valence-electron chi connectivity index (χ0n) is 9.43. The van der Waals surface area contributed by atoms with E-state index in [-0.39, 0.29) is 0 Å². The van der Waals surface area contributed by atoms with Crippen molar-refractivity contribution in [3.8, 4) is 0 Å². The van der Waals surface area contributed by atoms with Gasteiger partial charge in [0.15, 0.2) is 0 Å². The number of nitrogens with one attached hydrogen (secondary N) is 2. The van der Waals surface area contributed by atoms with Crippen molar-refractivity contribution in [3.63, 3.8) is 0 Å². The zero-order chi connectivity index (χ0) is 10.7. The Morgan fingerprint density at radius 3 is 3.00 bits per heavy atom. The number of hydrogen-bond acceptors (Lipinski definition) is 1. The summed E-state index contributed by atoms with van der Waals surface area (Å²) in [7, 11) is 0. The van der Waals surface area contributed by atoms with Crippen molar-refractivity contribution in [3.05, 3.63) is 35.5 Å². The fourth-order valence-electron chi connectivity index (χ4n) is 1.99. The summed E-state index contributed by atoms with van der Waals surface area (Å²) in [5.41, 5.74) is 3.96. The molecule has 2 N–H and O–H groups in total. The second-order valence-corrected chi connectivity index (χ2v) is 3.99. The van der Waals surface area contributed by atoms with Crippen molar-refractivity contribution in [2.45, 2.75) is 26.8 Å². The molecule has 0 aliphatic carbocycles. The molecule has 80 valence electrons. The largest absolute Gasteiger partial charge is 0.361 e. The molecular weight excluding hydrogens is 184 g/mol. The van der Waals surface area contributed by atoms with Crippen LogP contribution in [0.4, 0.5) is 0 Å². The smallest absolute Gasteiger partial charge is 0.0459 e. The molecule has 0 saturated carbocycles. The van der Waals surface area contributed by atoms with Crippen LogP contribution in [0.2, 0.25) is 0 Å². The van der Waals surface area contributed by atoms with Gasteiger partial charge in [0, 0.05) is 23.6 Å². The van der Waals surface area contributed by atoms with Crippen molar-refractivity contribution in [2.24, 2.45) is 0 Å². The molecule has 1 heterocycles. The number of rotatable bonds is 4. The molecule has 0 aliphatic heterocycles. The summed E-state index contributed by atoms with van der Waals surface area (Å²) in [6.07, 6.45) is 3.29. The lowest BCUT2D eigenvalue weighted by Crippen LogP contribution is -2.13. The lowest BCUT2D eigenvalue weighted by molar-refractivity contribution is 0.678. The minimum atomic E-state index is 0.957. The molecule has 2 heteroatoms. The number of benzene rings is 1. The van der Waals surface area contributed by atoms with E-state index < -0.39 is 0 Å². The zero-order valence-corrected chi connectivity index (χ0v) is 9.43. The molecular formula is C13H18N2. The van der Waals surface area contributed by atoms with Crippen LogP contribution in [-0.2, 0) is 6.54 Å². The highest BCUT2D eigenvalue weighted by molar-refractivity contribution is 5.86. The molecule has 0 unspecified atom stereocenters. The third kappa shape index (κ3) is 2.05. The maximum Gasteiger partial charge on any atom is 0.0459 e. The molecule has 0 amide bonds. The molecule has 1 aromatic heterocycles. The van der Waals surface area contributed by atoms with E-state index >= 15 is 0 Å². The van der Waals surface area contributed by atoms with Gasteiger partial charge in [0.25, 0.3) is 0 Å². The number of aromatic nitrogens is 1. The molecule has 0 saturated heterocycles. The highest BCUT2D eigenvalue weighted by Gasteiger charge is 2.04. The molecule has 2 nitrogen and oxygen atoms in total. The topological polar surface area (TPSA) is 27.8 Å². The predicted octanol–water partition coefficient (Wildman–Crippen LogP) is 2.98. The van der Waals surface area contributed by atoms with Crippen LogP contribution < -0.4 is 5.32 Å². The summed E-state index contributed by atoms with van der Waals surface area (Å²) < 4.78 is 0. The third-order valence-corrected chi connectivity index (χ3v) is 2.74. The summed E-state index contributed by atoms with van der Waals surface area (Å²) in [5.74, 6) is 0. The maximum atomic E-state index is 3.44. The lowest BCUT2D eigenvalue weighted by Gasteiger charge is -2.03. The molecule has 0 aliphatic rings. The van der Waals surface area contributed by atoms with Crippen LogP contribution in [0, 0.1) is 6.92 Å². The lowest BCUT2D eigenvalue weighted by atomic mass is 10.1. The van der Waals surface area contributed by atoms with E-state index in [2.05, 4.69) is 48.5 Å². The fraction of sp³-hybridized carbons (Fsp3) is 0.385. The van der Waals surface area contributed by atoms with Crippen molar-refractivity contribution in [1.29, 1.82) is 0 Å². The Bertz CT molecular complexity index is 443. The van der Waals surface area contributed by atoms with Crippen LogP contribution in [0.15, 0.2) is 24.4 Å². The molecule has 0 spiro atoms. The first-order valence-electron chi connectivity index (χ1n) is 5.59. The predicted molar refractivity (Wildman–Crippen MR) is 65.0 cm³/mol. The molecule has 2 rings (SSSR count). The summed E-state index contributed by atoms with van der Waals surface area (Å²) >= 11 is 0. The minimum absolute atomic E-state index is 0.957. The van der Waals surface area contributed by atoms with Crippen molar-refractivity contribution in [2.75, 3.05) is 6.54 Å². The van der Waals surface area contributed by atoms with Gasteiger partial charge in [-0.2, -0.15) is 0 Å². The molecule has 2 aromatic rings. The van der Waals surface area contributed by atoms with Gasteiger partial charge in [0.05, 0.1) is 0 Å². The maximum absolute atomic E-state index is 3.44. The Balaban J connectivity index is 2.27. The number of aromatic amines is 1. The Hall–Kier alpha value is -1.28.